The van der Waals surface area contributed by atoms with Crippen LogP contribution >= 0.6 is 0 Å². The van der Waals surface area contributed by atoms with E-state index in [9.17, 15) is 0 Å². The van der Waals surface area contributed by atoms with Gasteiger partial charge in [-0.05, 0) is 46.1 Å². The average Bonchev–Trinajstić information content (AvgIpc) is 2.29. The van der Waals surface area contributed by atoms with Gasteiger partial charge in [-0.1, -0.05) is 20.3 Å². The highest BCUT2D eigenvalue weighted by Crippen LogP contribution is 2.18. The van der Waals surface area contributed by atoms with Crippen LogP contribution in [0.4, 0.5) is 0 Å². The lowest BCUT2D eigenvalue weighted by Crippen LogP contribution is -2.47. The van der Waals surface area contributed by atoms with E-state index in [2.05, 4.69) is 37.9 Å². The minimum absolute atomic E-state index is 0.303. The Hall–Kier alpha value is -0.0800. The van der Waals surface area contributed by atoms with Gasteiger partial charge in [-0.2, -0.15) is 0 Å². The standard InChI is InChI=1S/C14H30N2/c1-5-13-9-7-8-11-16(13)12-10-15-14(3,4)6-2/h13,15H,5-12H2,1-4H3. The van der Waals surface area contributed by atoms with E-state index in [0.29, 0.717) is 5.54 Å². The van der Waals surface area contributed by atoms with Crippen molar-refractivity contribution in [3.05, 3.63) is 0 Å². The lowest BCUT2D eigenvalue weighted by Gasteiger charge is -2.36. The van der Waals surface area contributed by atoms with E-state index in [0.717, 1.165) is 12.6 Å². The summed E-state index contributed by atoms with van der Waals surface area (Å²) in [5.41, 5.74) is 0.303. The zero-order valence-corrected chi connectivity index (χ0v) is 11.7. The Balaban J connectivity index is 2.25. The van der Waals surface area contributed by atoms with Crippen molar-refractivity contribution >= 4 is 0 Å². The molecule has 1 aliphatic rings. The molecule has 1 atom stereocenters. The van der Waals surface area contributed by atoms with Crippen molar-refractivity contribution in [2.45, 2.75) is 71.4 Å². The van der Waals surface area contributed by atoms with E-state index < -0.39 is 0 Å². The molecule has 1 aliphatic heterocycles. The Kier molecular flexibility index (Phi) is 5.77. The summed E-state index contributed by atoms with van der Waals surface area (Å²) in [6, 6.07) is 0.847. The van der Waals surface area contributed by atoms with Gasteiger partial charge in [0.2, 0.25) is 0 Å². The highest BCUT2D eigenvalue weighted by Gasteiger charge is 2.21. The third kappa shape index (κ3) is 4.42. The fraction of sp³-hybridized carbons (Fsp3) is 1.00. The summed E-state index contributed by atoms with van der Waals surface area (Å²) in [6.07, 6.45) is 6.76. The van der Waals surface area contributed by atoms with Gasteiger partial charge >= 0.3 is 0 Å². The molecule has 1 fully saturated rings. The quantitative estimate of drug-likeness (QED) is 0.749. The van der Waals surface area contributed by atoms with Crippen LogP contribution < -0.4 is 5.32 Å². The number of hydrogen-bond acceptors (Lipinski definition) is 2. The van der Waals surface area contributed by atoms with Crippen LogP contribution in [0.1, 0.15) is 59.8 Å². The first-order valence-electron chi connectivity index (χ1n) is 7.08. The lowest BCUT2D eigenvalue weighted by atomic mass is 9.99. The lowest BCUT2D eigenvalue weighted by molar-refractivity contribution is 0.141. The number of likely N-dealkylation sites (tertiary alicyclic amines) is 1. The number of nitrogens with zero attached hydrogens (tertiary/aromatic N) is 1. The first kappa shape index (κ1) is 14.0. The van der Waals surface area contributed by atoms with Crippen LogP contribution in [0.2, 0.25) is 0 Å². The third-order valence-corrected chi connectivity index (χ3v) is 4.11. The second-order valence-electron chi connectivity index (χ2n) is 5.76. The van der Waals surface area contributed by atoms with E-state index in [1.807, 2.05) is 0 Å². The summed E-state index contributed by atoms with van der Waals surface area (Å²) in [6.45, 7) is 12.8. The summed E-state index contributed by atoms with van der Waals surface area (Å²) in [4.78, 5) is 2.68. The Morgan fingerprint density at radius 2 is 2.00 bits per heavy atom. The number of rotatable bonds is 6. The molecule has 2 nitrogen and oxygen atoms in total. The second-order valence-corrected chi connectivity index (χ2v) is 5.76. The van der Waals surface area contributed by atoms with Crippen molar-refractivity contribution in [1.82, 2.24) is 10.2 Å². The van der Waals surface area contributed by atoms with Crippen molar-refractivity contribution in [1.29, 1.82) is 0 Å². The van der Waals surface area contributed by atoms with Crippen LogP contribution in [0.3, 0.4) is 0 Å². The van der Waals surface area contributed by atoms with Crippen LogP contribution in [0.5, 0.6) is 0 Å². The van der Waals surface area contributed by atoms with Crippen LogP contribution in [-0.4, -0.2) is 36.1 Å². The minimum Gasteiger partial charge on any atom is -0.311 e. The first-order valence-corrected chi connectivity index (χ1v) is 7.08. The Bertz CT molecular complexity index is 189. The average molecular weight is 226 g/mol. The summed E-state index contributed by atoms with van der Waals surface area (Å²) in [5, 5.41) is 3.66. The summed E-state index contributed by atoms with van der Waals surface area (Å²) < 4.78 is 0. The molecule has 0 bridgehead atoms. The third-order valence-electron chi connectivity index (χ3n) is 4.11. The fourth-order valence-electron chi connectivity index (χ4n) is 2.48. The topological polar surface area (TPSA) is 15.3 Å². The highest BCUT2D eigenvalue weighted by atomic mass is 15.2. The fourth-order valence-corrected chi connectivity index (χ4v) is 2.48. The zero-order chi connectivity index (χ0) is 12.0. The normalized spacial score (nSPS) is 23.6. The van der Waals surface area contributed by atoms with Crippen molar-refractivity contribution in [3.8, 4) is 0 Å². The van der Waals surface area contributed by atoms with E-state index in [1.165, 1.54) is 45.2 Å². The van der Waals surface area contributed by atoms with E-state index in [4.69, 9.17) is 0 Å². The predicted octanol–water partition coefficient (Wildman–Crippen LogP) is 3.03. The van der Waals surface area contributed by atoms with Crippen molar-refractivity contribution in [2.24, 2.45) is 0 Å². The zero-order valence-electron chi connectivity index (χ0n) is 11.7. The Morgan fingerprint density at radius 3 is 2.62 bits per heavy atom. The summed E-state index contributed by atoms with van der Waals surface area (Å²) >= 11 is 0. The van der Waals surface area contributed by atoms with Crippen LogP contribution in [0.25, 0.3) is 0 Å². The van der Waals surface area contributed by atoms with Gasteiger partial charge < -0.3 is 5.32 Å². The Morgan fingerprint density at radius 1 is 1.25 bits per heavy atom. The molecule has 1 rings (SSSR count). The second kappa shape index (κ2) is 6.61. The van der Waals surface area contributed by atoms with Gasteiger partial charge in [0.1, 0.15) is 0 Å². The maximum absolute atomic E-state index is 3.66. The molecular weight excluding hydrogens is 196 g/mol. The predicted molar refractivity (Wildman–Crippen MR) is 71.9 cm³/mol. The smallest absolute Gasteiger partial charge is 0.0123 e. The Labute approximate surface area is 102 Å². The SMILES string of the molecule is CCC1CCCCN1CCNC(C)(C)CC. The van der Waals surface area contributed by atoms with Crippen molar-refractivity contribution in [3.63, 3.8) is 0 Å². The number of hydrogen-bond donors (Lipinski definition) is 1. The van der Waals surface area contributed by atoms with Gasteiger partial charge in [0, 0.05) is 24.7 Å². The molecule has 0 aliphatic carbocycles. The van der Waals surface area contributed by atoms with Gasteiger partial charge in [-0.3, -0.25) is 4.90 Å². The molecule has 1 saturated heterocycles. The monoisotopic (exact) mass is 226 g/mol. The largest absolute Gasteiger partial charge is 0.311 e. The molecule has 1 unspecified atom stereocenters. The molecule has 0 spiro atoms. The molecule has 0 aromatic carbocycles. The van der Waals surface area contributed by atoms with Crippen LogP contribution in [0, 0.1) is 0 Å². The molecule has 16 heavy (non-hydrogen) atoms. The molecule has 0 radical (unpaired) electrons. The molecule has 1 heterocycles. The molecule has 2 heteroatoms. The highest BCUT2D eigenvalue weighted by molar-refractivity contribution is 4.79. The van der Waals surface area contributed by atoms with Gasteiger partial charge in [0.15, 0.2) is 0 Å². The van der Waals surface area contributed by atoms with Crippen molar-refractivity contribution in [2.75, 3.05) is 19.6 Å². The van der Waals surface area contributed by atoms with Gasteiger partial charge in [0.25, 0.3) is 0 Å². The molecule has 0 aromatic heterocycles. The molecule has 0 saturated carbocycles. The molecule has 0 aromatic rings. The first-order chi connectivity index (χ1) is 7.59. The van der Waals surface area contributed by atoms with E-state index in [-0.39, 0.29) is 0 Å². The molecule has 96 valence electrons. The van der Waals surface area contributed by atoms with Gasteiger partial charge in [0.05, 0.1) is 0 Å². The van der Waals surface area contributed by atoms with Crippen LogP contribution in [0.15, 0.2) is 0 Å². The number of nitrogens with one attached hydrogen (secondary N) is 1. The van der Waals surface area contributed by atoms with E-state index in [1.54, 1.807) is 0 Å². The molecule has 0 amide bonds. The van der Waals surface area contributed by atoms with Crippen LogP contribution in [-0.2, 0) is 0 Å². The number of piperidine rings is 1. The summed E-state index contributed by atoms with van der Waals surface area (Å²) in [5.74, 6) is 0. The molecule has 1 N–H and O–H groups in total. The minimum atomic E-state index is 0.303. The van der Waals surface area contributed by atoms with Crippen molar-refractivity contribution < 1.29 is 0 Å². The van der Waals surface area contributed by atoms with Gasteiger partial charge in [-0.25, -0.2) is 0 Å². The maximum atomic E-state index is 3.66. The summed E-state index contributed by atoms with van der Waals surface area (Å²) in [7, 11) is 0. The van der Waals surface area contributed by atoms with E-state index >= 15 is 0 Å². The van der Waals surface area contributed by atoms with Gasteiger partial charge in [-0.15, -0.1) is 0 Å². The maximum Gasteiger partial charge on any atom is 0.0123 e. The molecular formula is C14H30N2.